The first-order valence-electron chi connectivity index (χ1n) is 12.5. The van der Waals surface area contributed by atoms with Crippen molar-refractivity contribution in [3.8, 4) is 5.75 Å². The van der Waals surface area contributed by atoms with Crippen molar-refractivity contribution in [2.45, 2.75) is 64.2 Å². The van der Waals surface area contributed by atoms with Gasteiger partial charge >= 0.3 is 5.97 Å². The molecule has 4 rings (SSSR count). The van der Waals surface area contributed by atoms with E-state index >= 15 is 0 Å². The van der Waals surface area contributed by atoms with Crippen LogP contribution in [0.25, 0.3) is 0 Å². The Labute approximate surface area is 201 Å². The number of aryl methyl sites for hydroxylation is 1. The first-order chi connectivity index (χ1) is 16.5. The van der Waals surface area contributed by atoms with Crippen LogP contribution >= 0.6 is 0 Å². The molecule has 180 valence electrons. The van der Waals surface area contributed by atoms with Gasteiger partial charge in [-0.05, 0) is 111 Å². The molecule has 2 aliphatic carbocycles. The van der Waals surface area contributed by atoms with Crippen molar-refractivity contribution in [2.24, 2.45) is 17.8 Å². The summed E-state index contributed by atoms with van der Waals surface area (Å²) in [5.41, 5.74) is 1.39. The third-order valence-electron chi connectivity index (χ3n) is 7.72. The molecule has 0 amide bonds. The Balaban J connectivity index is 1.39. The summed E-state index contributed by atoms with van der Waals surface area (Å²) in [5, 5.41) is 0. The Kier molecular flexibility index (Phi) is 7.97. The quantitative estimate of drug-likeness (QED) is 0.235. The Bertz CT molecular complexity index is 1060. The predicted molar refractivity (Wildman–Crippen MR) is 132 cm³/mol. The lowest BCUT2D eigenvalue weighted by molar-refractivity contribution is 0.0729. The predicted octanol–water partition coefficient (Wildman–Crippen LogP) is 8.18. The number of hydrogen-bond donors (Lipinski definition) is 0. The number of carbonyl (C=O) groups is 1. The molecule has 4 heteroatoms. The molecule has 0 spiro atoms. The number of rotatable bonds is 7. The van der Waals surface area contributed by atoms with Crippen molar-refractivity contribution in [1.29, 1.82) is 0 Å². The molecule has 0 radical (unpaired) electrons. The molecule has 2 aliphatic rings. The van der Waals surface area contributed by atoms with E-state index in [0.717, 1.165) is 30.7 Å². The smallest absolute Gasteiger partial charge is 0.346 e. The van der Waals surface area contributed by atoms with E-state index in [9.17, 15) is 13.6 Å². The van der Waals surface area contributed by atoms with Crippen molar-refractivity contribution >= 4 is 5.97 Å². The van der Waals surface area contributed by atoms with Gasteiger partial charge in [0.2, 0.25) is 0 Å². The first kappa shape index (κ1) is 24.4. The molecule has 2 aromatic rings. The van der Waals surface area contributed by atoms with Gasteiger partial charge < -0.3 is 4.74 Å². The topological polar surface area (TPSA) is 26.3 Å². The fraction of sp³-hybridized carbons (Fsp3) is 0.433. The Morgan fingerprint density at radius 3 is 2.56 bits per heavy atom. The highest BCUT2D eigenvalue weighted by molar-refractivity contribution is 5.91. The maximum Gasteiger partial charge on any atom is 0.346 e. The fourth-order valence-corrected chi connectivity index (χ4v) is 5.75. The summed E-state index contributed by atoms with van der Waals surface area (Å²) in [6, 6.07) is 9.20. The number of benzene rings is 2. The van der Waals surface area contributed by atoms with E-state index in [1.807, 2.05) is 25.1 Å². The summed E-state index contributed by atoms with van der Waals surface area (Å²) >= 11 is 0. The van der Waals surface area contributed by atoms with Crippen LogP contribution in [0.5, 0.6) is 5.75 Å². The highest BCUT2D eigenvalue weighted by Gasteiger charge is 2.35. The van der Waals surface area contributed by atoms with E-state index in [1.54, 1.807) is 12.1 Å². The van der Waals surface area contributed by atoms with Gasteiger partial charge in [-0.2, -0.15) is 0 Å². The molecule has 2 aromatic carbocycles. The molecular formula is C30H34F2O2. The van der Waals surface area contributed by atoms with E-state index in [0.29, 0.717) is 29.7 Å². The fourth-order valence-electron chi connectivity index (χ4n) is 5.75. The van der Waals surface area contributed by atoms with Crippen molar-refractivity contribution in [1.82, 2.24) is 0 Å². The molecule has 0 heterocycles. The van der Waals surface area contributed by atoms with Crippen LogP contribution in [0.15, 0.2) is 61.2 Å². The average molecular weight is 465 g/mol. The van der Waals surface area contributed by atoms with Crippen LogP contribution in [0.2, 0.25) is 0 Å². The van der Waals surface area contributed by atoms with Crippen LogP contribution in [-0.2, 0) is 6.42 Å². The summed E-state index contributed by atoms with van der Waals surface area (Å²) < 4.78 is 34.5. The van der Waals surface area contributed by atoms with Crippen LogP contribution in [0.4, 0.5) is 8.78 Å². The number of halogens is 2. The van der Waals surface area contributed by atoms with Crippen molar-refractivity contribution < 1.29 is 18.3 Å². The van der Waals surface area contributed by atoms with Crippen molar-refractivity contribution in [3.63, 3.8) is 0 Å². The van der Waals surface area contributed by atoms with E-state index in [1.165, 1.54) is 43.9 Å². The van der Waals surface area contributed by atoms with E-state index in [2.05, 4.69) is 12.7 Å². The lowest BCUT2D eigenvalue weighted by Gasteiger charge is -2.41. The van der Waals surface area contributed by atoms with Gasteiger partial charge in [0.25, 0.3) is 0 Å². The second kappa shape index (κ2) is 11.1. The van der Waals surface area contributed by atoms with Crippen LogP contribution in [-0.4, -0.2) is 5.97 Å². The average Bonchev–Trinajstić information content (AvgIpc) is 2.84. The van der Waals surface area contributed by atoms with Gasteiger partial charge in [0.15, 0.2) is 0 Å². The van der Waals surface area contributed by atoms with Gasteiger partial charge in [-0.3, -0.25) is 0 Å². The Morgan fingerprint density at radius 1 is 1.03 bits per heavy atom. The molecule has 0 N–H and O–H groups in total. The molecule has 2 nitrogen and oxygen atoms in total. The number of esters is 1. The highest BCUT2D eigenvalue weighted by atomic mass is 19.1. The van der Waals surface area contributed by atoms with E-state index in [-0.39, 0.29) is 11.3 Å². The van der Waals surface area contributed by atoms with Gasteiger partial charge in [-0.1, -0.05) is 30.4 Å². The first-order valence-corrected chi connectivity index (χ1v) is 12.5. The van der Waals surface area contributed by atoms with Gasteiger partial charge in [0, 0.05) is 6.07 Å². The molecule has 0 aliphatic heterocycles. The maximum absolute atomic E-state index is 14.9. The van der Waals surface area contributed by atoms with Gasteiger partial charge in [-0.25, -0.2) is 13.6 Å². The van der Waals surface area contributed by atoms with Gasteiger partial charge in [0.05, 0.1) is 5.56 Å². The summed E-state index contributed by atoms with van der Waals surface area (Å²) in [7, 11) is 0. The van der Waals surface area contributed by atoms with E-state index in [4.69, 9.17) is 4.74 Å². The largest absolute Gasteiger partial charge is 0.423 e. The van der Waals surface area contributed by atoms with Crippen LogP contribution in [0, 0.1) is 29.4 Å². The van der Waals surface area contributed by atoms with Gasteiger partial charge in [0.1, 0.15) is 17.4 Å². The maximum atomic E-state index is 14.9. The zero-order chi connectivity index (χ0) is 24.1. The molecule has 0 aromatic heterocycles. The molecule has 0 saturated heterocycles. The zero-order valence-corrected chi connectivity index (χ0v) is 19.9. The molecule has 2 saturated carbocycles. The third kappa shape index (κ3) is 5.65. The number of hydrogen-bond acceptors (Lipinski definition) is 2. The summed E-state index contributed by atoms with van der Waals surface area (Å²) in [4.78, 5) is 12.6. The number of carbonyl (C=O) groups excluding carboxylic acids is 1. The third-order valence-corrected chi connectivity index (χ3v) is 7.72. The summed E-state index contributed by atoms with van der Waals surface area (Å²) in [6.45, 7) is 5.89. The Hall–Kier alpha value is -2.75. The molecule has 34 heavy (non-hydrogen) atoms. The second-order valence-corrected chi connectivity index (χ2v) is 9.83. The standard InChI is InChI=1S/C30H34F2O2/c1-3-5-6-7-21-12-14-26(19-28(21)31)34-30(33)27-15-13-25(18-29(27)32)24-11-10-22-16-20(4-2)8-9-23(22)17-24/h3-5,12-15,18-20,22-24H,2,6-11,16-17H2,1H3/b5-3+. The zero-order valence-electron chi connectivity index (χ0n) is 19.9. The molecule has 4 unspecified atom stereocenters. The van der Waals surface area contributed by atoms with Crippen molar-refractivity contribution in [3.05, 3.63) is 89.5 Å². The van der Waals surface area contributed by atoms with E-state index < -0.39 is 17.6 Å². The lowest BCUT2D eigenvalue weighted by Crippen LogP contribution is -2.30. The summed E-state index contributed by atoms with van der Waals surface area (Å²) in [5.74, 6) is 0.673. The lowest BCUT2D eigenvalue weighted by atomic mass is 9.64. The van der Waals surface area contributed by atoms with Crippen LogP contribution in [0.3, 0.4) is 0 Å². The van der Waals surface area contributed by atoms with Crippen LogP contribution < -0.4 is 4.74 Å². The molecule has 4 atom stereocenters. The van der Waals surface area contributed by atoms with Crippen molar-refractivity contribution in [2.75, 3.05) is 0 Å². The number of fused-ring (bicyclic) bond motifs is 1. The van der Waals surface area contributed by atoms with Gasteiger partial charge in [-0.15, -0.1) is 6.58 Å². The molecular weight excluding hydrogens is 430 g/mol. The highest BCUT2D eigenvalue weighted by Crippen LogP contribution is 2.47. The normalized spacial score (nSPS) is 24.6. The minimum Gasteiger partial charge on any atom is -0.423 e. The summed E-state index contributed by atoms with van der Waals surface area (Å²) in [6.07, 6.45) is 14.3. The minimum atomic E-state index is -0.809. The number of ether oxygens (including phenoxy) is 1. The SMILES string of the molecule is C=CC1CCC2CC(c3ccc(C(=O)Oc4ccc(CC/C=C/C)c(F)c4)c(F)c3)CCC2C1. The number of allylic oxidation sites excluding steroid dienone is 3. The minimum absolute atomic E-state index is 0.0780. The molecule has 0 bridgehead atoms. The Morgan fingerprint density at radius 2 is 1.82 bits per heavy atom. The monoisotopic (exact) mass is 464 g/mol. The second-order valence-electron chi connectivity index (χ2n) is 9.83. The molecule has 2 fully saturated rings. The van der Waals surface area contributed by atoms with Crippen LogP contribution in [0.1, 0.15) is 79.3 Å².